The van der Waals surface area contributed by atoms with Crippen LogP contribution < -0.4 is 14.9 Å². The first-order valence-electron chi connectivity index (χ1n) is 9.29. The van der Waals surface area contributed by atoms with E-state index in [1.165, 1.54) is 0 Å². The van der Waals surface area contributed by atoms with Crippen molar-refractivity contribution in [2.75, 3.05) is 6.61 Å². The number of hydrazone groups is 1. The van der Waals surface area contributed by atoms with E-state index in [2.05, 4.69) is 49.0 Å². The Morgan fingerprint density at radius 2 is 1.90 bits per heavy atom. The summed E-state index contributed by atoms with van der Waals surface area (Å²) in [5.74, 6) is 0.964. The van der Waals surface area contributed by atoms with E-state index in [0.717, 1.165) is 19.2 Å². The van der Waals surface area contributed by atoms with Crippen LogP contribution in [-0.4, -0.2) is 18.7 Å². The van der Waals surface area contributed by atoms with E-state index in [0.29, 0.717) is 30.3 Å². The van der Waals surface area contributed by atoms with Crippen molar-refractivity contribution in [1.82, 2.24) is 5.43 Å². The molecule has 7 heteroatoms. The topological polar surface area (TPSA) is 59.9 Å². The Labute approximate surface area is 197 Å². The summed E-state index contributed by atoms with van der Waals surface area (Å²) in [4.78, 5) is 12.2. The maximum Gasteiger partial charge on any atom is 0.271 e. The number of nitrogens with zero attached hydrogens (tertiary/aromatic N) is 1. The van der Waals surface area contributed by atoms with Crippen molar-refractivity contribution in [2.45, 2.75) is 13.5 Å². The van der Waals surface area contributed by atoms with Gasteiger partial charge < -0.3 is 9.47 Å². The standard InChI is InChI=1S/C23H20BrIN2O3/c1-2-29-21-12-17(14-26-27-23(28)18-9-6-10-19(25)13-18)11-20(24)22(21)30-15-16-7-4-3-5-8-16/h3-14H,2,15H2,1H3,(H,27,28)/b26-14-. The second kappa shape index (κ2) is 11.1. The molecule has 3 rings (SSSR count). The van der Waals surface area contributed by atoms with Gasteiger partial charge in [-0.25, -0.2) is 5.43 Å². The summed E-state index contributed by atoms with van der Waals surface area (Å²) in [5, 5.41) is 4.07. The molecule has 1 amide bonds. The predicted molar refractivity (Wildman–Crippen MR) is 130 cm³/mol. The van der Waals surface area contributed by atoms with E-state index < -0.39 is 0 Å². The van der Waals surface area contributed by atoms with E-state index in [4.69, 9.17) is 9.47 Å². The lowest BCUT2D eigenvalue weighted by atomic mass is 10.2. The van der Waals surface area contributed by atoms with Gasteiger partial charge in [-0.2, -0.15) is 5.10 Å². The third kappa shape index (κ3) is 6.30. The van der Waals surface area contributed by atoms with Crippen molar-refractivity contribution in [3.63, 3.8) is 0 Å². The third-order valence-electron chi connectivity index (χ3n) is 4.02. The van der Waals surface area contributed by atoms with Gasteiger partial charge in [0, 0.05) is 9.13 Å². The van der Waals surface area contributed by atoms with Crippen LogP contribution in [0, 0.1) is 3.57 Å². The molecule has 3 aromatic rings. The Hall–Kier alpha value is -2.39. The first-order valence-corrected chi connectivity index (χ1v) is 11.2. The fourth-order valence-corrected chi connectivity index (χ4v) is 3.77. The first-order chi connectivity index (χ1) is 14.6. The lowest BCUT2D eigenvalue weighted by Gasteiger charge is -2.14. The molecule has 0 aliphatic rings. The van der Waals surface area contributed by atoms with Gasteiger partial charge in [-0.1, -0.05) is 36.4 Å². The molecule has 5 nitrogen and oxygen atoms in total. The number of rotatable bonds is 8. The van der Waals surface area contributed by atoms with Crippen LogP contribution in [0.2, 0.25) is 0 Å². The van der Waals surface area contributed by atoms with Gasteiger partial charge >= 0.3 is 0 Å². The zero-order chi connectivity index (χ0) is 21.3. The first kappa shape index (κ1) is 22.3. The molecule has 0 aliphatic carbocycles. The lowest BCUT2D eigenvalue weighted by Crippen LogP contribution is -2.17. The average molecular weight is 579 g/mol. The molecule has 0 aliphatic heterocycles. The molecule has 0 saturated carbocycles. The zero-order valence-corrected chi connectivity index (χ0v) is 20.0. The average Bonchev–Trinajstić information content (AvgIpc) is 2.74. The molecule has 0 aromatic heterocycles. The minimum atomic E-state index is -0.267. The number of amides is 1. The Bertz CT molecular complexity index is 1040. The Balaban J connectivity index is 1.72. The van der Waals surface area contributed by atoms with Crippen molar-refractivity contribution in [2.24, 2.45) is 5.10 Å². The minimum absolute atomic E-state index is 0.267. The highest BCUT2D eigenvalue weighted by Crippen LogP contribution is 2.37. The number of halogens is 2. The number of nitrogens with one attached hydrogen (secondary N) is 1. The highest BCUT2D eigenvalue weighted by molar-refractivity contribution is 14.1. The van der Waals surface area contributed by atoms with Crippen LogP contribution in [0.15, 0.2) is 76.3 Å². The van der Waals surface area contributed by atoms with Crippen LogP contribution in [0.3, 0.4) is 0 Å². The Kier molecular flexibility index (Phi) is 8.27. The van der Waals surface area contributed by atoms with Crippen molar-refractivity contribution in [3.05, 3.63) is 91.5 Å². The summed E-state index contributed by atoms with van der Waals surface area (Å²) in [6.07, 6.45) is 1.57. The van der Waals surface area contributed by atoms with Crippen LogP contribution in [0.1, 0.15) is 28.4 Å². The molecule has 3 aromatic carbocycles. The van der Waals surface area contributed by atoms with Gasteiger partial charge in [-0.3, -0.25) is 4.79 Å². The monoisotopic (exact) mass is 578 g/mol. The van der Waals surface area contributed by atoms with Gasteiger partial charge in [0.25, 0.3) is 5.91 Å². The summed E-state index contributed by atoms with van der Waals surface area (Å²) >= 11 is 5.72. The van der Waals surface area contributed by atoms with Crippen molar-refractivity contribution < 1.29 is 14.3 Å². The van der Waals surface area contributed by atoms with Crippen LogP contribution in [-0.2, 0) is 6.61 Å². The fraction of sp³-hybridized carbons (Fsp3) is 0.130. The summed E-state index contributed by atoms with van der Waals surface area (Å²) in [6.45, 7) is 2.84. The van der Waals surface area contributed by atoms with Gasteiger partial charge in [0.15, 0.2) is 11.5 Å². The molecule has 0 radical (unpaired) electrons. The van der Waals surface area contributed by atoms with Gasteiger partial charge in [0.1, 0.15) is 6.61 Å². The van der Waals surface area contributed by atoms with Gasteiger partial charge in [-0.15, -0.1) is 0 Å². The van der Waals surface area contributed by atoms with Crippen LogP contribution >= 0.6 is 38.5 Å². The van der Waals surface area contributed by atoms with Crippen LogP contribution in [0.5, 0.6) is 11.5 Å². The normalized spacial score (nSPS) is 10.8. The fourth-order valence-electron chi connectivity index (χ4n) is 2.65. The summed E-state index contributed by atoms with van der Waals surface area (Å²) in [5.41, 5.74) is 4.93. The molecule has 0 fully saturated rings. The van der Waals surface area contributed by atoms with Gasteiger partial charge in [-0.05, 0) is 86.9 Å². The van der Waals surface area contributed by atoms with Crippen molar-refractivity contribution >= 4 is 50.6 Å². The van der Waals surface area contributed by atoms with Crippen LogP contribution in [0.4, 0.5) is 0 Å². The van der Waals surface area contributed by atoms with Crippen molar-refractivity contribution in [3.8, 4) is 11.5 Å². The van der Waals surface area contributed by atoms with E-state index >= 15 is 0 Å². The molecular formula is C23H20BrIN2O3. The van der Waals surface area contributed by atoms with E-state index in [-0.39, 0.29) is 5.91 Å². The molecule has 0 atom stereocenters. The number of carbonyl (C=O) groups is 1. The molecule has 0 spiro atoms. The molecule has 0 bridgehead atoms. The second-order valence-corrected chi connectivity index (χ2v) is 8.35. The quantitative estimate of drug-likeness (QED) is 0.209. The largest absolute Gasteiger partial charge is 0.490 e. The van der Waals surface area contributed by atoms with Crippen LogP contribution in [0.25, 0.3) is 0 Å². The van der Waals surface area contributed by atoms with Crippen molar-refractivity contribution in [1.29, 1.82) is 0 Å². The van der Waals surface area contributed by atoms with Gasteiger partial charge in [0.2, 0.25) is 0 Å². The highest BCUT2D eigenvalue weighted by Gasteiger charge is 2.12. The molecule has 1 N–H and O–H groups in total. The SMILES string of the molecule is CCOc1cc(/C=N\NC(=O)c2cccc(I)c2)cc(Br)c1OCc1ccccc1. The highest BCUT2D eigenvalue weighted by atomic mass is 127. The summed E-state index contributed by atoms with van der Waals surface area (Å²) in [6, 6.07) is 20.9. The lowest BCUT2D eigenvalue weighted by molar-refractivity contribution is 0.0955. The summed E-state index contributed by atoms with van der Waals surface area (Å²) < 4.78 is 13.5. The molecule has 0 heterocycles. The van der Waals surface area contributed by atoms with E-state index in [1.54, 1.807) is 18.3 Å². The molecule has 30 heavy (non-hydrogen) atoms. The maximum atomic E-state index is 12.2. The Morgan fingerprint density at radius 1 is 1.10 bits per heavy atom. The number of ether oxygens (including phenoxy) is 2. The number of benzene rings is 3. The predicted octanol–water partition coefficient (Wildman–Crippen LogP) is 5.80. The second-order valence-electron chi connectivity index (χ2n) is 6.25. The zero-order valence-electron chi connectivity index (χ0n) is 16.3. The number of hydrogen-bond acceptors (Lipinski definition) is 4. The minimum Gasteiger partial charge on any atom is -0.490 e. The third-order valence-corrected chi connectivity index (χ3v) is 5.28. The molecule has 0 saturated heterocycles. The molecule has 154 valence electrons. The number of hydrogen-bond donors (Lipinski definition) is 1. The number of carbonyl (C=O) groups excluding carboxylic acids is 1. The molecule has 0 unspecified atom stereocenters. The molecular weight excluding hydrogens is 559 g/mol. The van der Waals surface area contributed by atoms with E-state index in [1.807, 2.05) is 61.5 Å². The van der Waals surface area contributed by atoms with E-state index in [9.17, 15) is 4.79 Å². The summed E-state index contributed by atoms with van der Waals surface area (Å²) in [7, 11) is 0. The smallest absolute Gasteiger partial charge is 0.271 e. The van der Waals surface area contributed by atoms with Gasteiger partial charge in [0.05, 0.1) is 17.3 Å². The maximum absolute atomic E-state index is 12.2. The Morgan fingerprint density at radius 3 is 2.63 bits per heavy atom.